The van der Waals surface area contributed by atoms with Crippen molar-refractivity contribution in [2.75, 3.05) is 24.0 Å². The van der Waals surface area contributed by atoms with Crippen molar-refractivity contribution in [3.8, 4) is 5.75 Å². The Morgan fingerprint density at radius 2 is 1.60 bits per heavy atom. The summed E-state index contributed by atoms with van der Waals surface area (Å²) >= 11 is 12.3. The molecule has 0 aromatic heterocycles. The predicted molar refractivity (Wildman–Crippen MR) is 167 cm³/mol. The number of benzene rings is 3. The highest BCUT2D eigenvalue weighted by atomic mass is 35.5. The molecule has 1 N–H and O–H groups in total. The molecule has 3 rings (SSSR count). The van der Waals surface area contributed by atoms with Gasteiger partial charge < -0.3 is 15.0 Å². The molecule has 1 atom stereocenters. The lowest BCUT2D eigenvalue weighted by Gasteiger charge is -2.33. The second kappa shape index (κ2) is 15.4. The summed E-state index contributed by atoms with van der Waals surface area (Å²) in [5.74, 6) is -0.896. The molecule has 0 saturated carbocycles. The summed E-state index contributed by atoms with van der Waals surface area (Å²) in [5.41, 5.74) is 0.791. The Hall–Kier alpha value is -3.34. The fourth-order valence-electron chi connectivity index (χ4n) is 4.31. The number of hydrogen-bond acceptors (Lipinski definition) is 5. The lowest BCUT2D eigenvalue weighted by atomic mass is 10.1. The van der Waals surface area contributed by atoms with E-state index in [1.54, 1.807) is 37.3 Å². The highest BCUT2D eigenvalue weighted by molar-refractivity contribution is 7.92. The van der Waals surface area contributed by atoms with Crippen LogP contribution in [0.25, 0.3) is 0 Å². The lowest BCUT2D eigenvalue weighted by Crippen LogP contribution is -2.52. The van der Waals surface area contributed by atoms with E-state index in [9.17, 15) is 22.4 Å². The van der Waals surface area contributed by atoms with Crippen molar-refractivity contribution >= 4 is 50.7 Å². The average Bonchev–Trinajstić information content (AvgIpc) is 2.97. The van der Waals surface area contributed by atoms with Gasteiger partial charge in [-0.25, -0.2) is 12.8 Å². The van der Waals surface area contributed by atoms with Crippen LogP contribution in [0.15, 0.2) is 71.6 Å². The first-order valence-corrected chi connectivity index (χ1v) is 16.1. The van der Waals surface area contributed by atoms with Crippen molar-refractivity contribution in [2.45, 2.75) is 51.6 Å². The molecule has 3 aromatic rings. The molecule has 8 nitrogen and oxygen atoms in total. The van der Waals surface area contributed by atoms with Crippen molar-refractivity contribution in [3.05, 3.63) is 88.2 Å². The first-order valence-electron chi connectivity index (χ1n) is 13.9. The van der Waals surface area contributed by atoms with Crippen molar-refractivity contribution in [2.24, 2.45) is 5.92 Å². The second-order valence-corrected chi connectivity index (χ2v) is 12.9. The number of nitrogens with one attached hydrogen (secondary N) is 1. The summed E-state index contributed by atoms with van der Waals surface area (Å²) < 4.78 is 47.9. The van der Waals surface area contributed by atoms with Gasteiger partial charge in [0.2, 0.25) is 11.8 Å². The van der Waals surface area contributed by atoms with Crippen LogP contribution in [0.3, 0.4) is 0 Å². The van der Waals surface area contributed by atoms with E-state index in [0.29, 0.717) is 29.5 Å². The van der Waals surface area contributed by atoms with Gasteiger partial charge in [0.05, 0.1) is 27.2 Å². The molecule has 12 heteroatoms. The maximum atomic E-state index is 14.1. The smallest absolute Gasteiger partial charge is 0.264 e. The van der Waals surface area contributed by atoms with Gasteiger partial charge in [-0.05, 0) is 85.5 Å². The van der Waals surface area contributed by atoms with Gasteiger partial charge >= 0.3 is 0 Å². The standard InChI is InChI=1S/C31H36Cl2FN3O5S/c1-5-29(31(39)35-18-21(3)4)36(19-22-7-16-27(32)28(33)17-22)30(38)20-37(24-10-12-25(13-11-24)42-6-2)43(40,41)26-14-8-23(34)9-15-26/h7-17,21,29H,5-6,18-20H2,1-4H3,(H,35,39)/t29-/m0/s1. The number of carbonyl (C=O) groups is 2. The molecule has 43 heavy (non-hydrogen) atoms. The normalized spacial score (nSPS) is 12.1. The molecule has 0 aliphatic rings. The SMILES string of the molecule is CCOc1ccc(N(CC(=O)N(Cc2ccc(Cl)c(Cl)c2)[C@@H](CC)C(=O)NCC(C)C)S(=O)(=O)c2ccc(F)cc2)cc1. The third-order valence-corrected chi connectivity index (χ3v) is 9.05. The van der Waals surface area contributed by atoms with Crippen molar-refractivity contribution in [3.63, 3.8) is 0 Å². The molecule has 0 bridgehead atoms. The predicted octanol–water partition coefficient (Wildman–Crippen LogP) is 6.31. The van der Waals surface area contributed by atoms with Crippen molar-refractivity contribution < 1.29 is 27.1 Å². The summed E-state index contributed by atoms with van der Waals surface area (Å²) in [4.78, 5) is 28.6. The molecular weight excluding hydrogens is 616 g/mol. The molecule has 0 radical (unpaired) electrons. The van der Waals surface area contributed by atoms with Gasteiger partial charge in [0.1, 0.15) is 24.2 Å². The Balaban J connectivity index is 2.06. The van der Waals surface area contributed by atoms with Crippen LogP contribution in [-0.4, -0.2) is 50.9 Å². The van der Waals surface area contributed by atoms with Gasteiger partial charge in [0.15, 0.2) is 0 Å². The number of ether oxygens (including phenoxy) is 1. The zero-order valence-electron chi connectivity index (χ0n) is 24.5. The molecule has 0 heterocycles. The zero-order chi connectivity index (χ0) is 31.7. The lowest BCUT2D eigenvalue weighted by molar-refractivity contribution is -0.140. The minimum Gasteiger partial charge on any atom is -0.494 e. The topological polar surface area (TPSA) is 96.0 Å². The van der Waals surface area contributed by atoms with Crippen LogP contribution in [0.2, 0.25) is 10.0 Å². The molecule has 0 saturated heterocycles. The van der Waals surface area contributed by atoms with Crippen LogP contribution in [0, 0.1) is 11.7 Å². The van der Waals surface area contributed by atoms with Crippen LogP contribution < -0.4 is 14.4 Å². The van der Waals surface area contributed by atoms with Gasteiger partial charge in [-0.3, -0.25) is 13.9 Å². The maximum absolute atomic E-state index is 14.1. The number of rotatable bonds is 14. The summed E-state index contributed by atoms with van der Waals surface area (Å²) in [6.07, 6.45) is 0.269. The summed E-state index contributed by atoms with van der Waals surface area (Å²) in [6, 6.07) is 14.6. The van der Waals surface area contributed by atoms with Gasteiger partial charge in [-0.1, -0.05) is 50.0 Å². The van der Waals surface area contributed by atoms with Gasteiger partial charge in [0.25, 0.3) is 10.0 Å². The Bertz CT molecular complexity index is 1500. The van der Waals surface area contributed by atoms with Crippen LogP contribution in [0.4, 0.5) is 10.1 Å². The van der Waals surface area contributed by atoms with Crippen LogP contribution >= 0.6 is 23.2 Å². The fourth-order valence-corrected chi connectivity index (χ4v) is 6.05. The molecule has 0 spiro atoms. The largest absolute Gasteiger partial charge is 0.494 e. The Morgan fingerprint density at radius 1 is 0.953 bits per heavy atom. The molecule has 232 valence electrons. The van der Waals surface area contributed by atoms with Gasteiger partial charge in [-0.15, -0.1) is 0 Å². The van der Waals surface area contributed by atoms with E-state index in [1.807, 2.05) is 20.8 Å². The van der Waals surface area contributed by atoms with E-state index in [4.69, 9.17) is 27.9 Å². The van der Waals surface area contributed by atoms with Gasteiger partial charge in [0, 0.05) is 13.1 Å². The summed E-state index contributed by atoms with van der Waals surface area (Å²) in [6.45, 7) is 7.65. The maximum Gasteiger partial charge on any atom is 0.264 e. The Labute approximate surface area is 262 Å². The van der Waals surface area contributed by atoms with Crippen LogP contribution in [0.5, 0.6) is 5.75 Å². The van der Waals surface area contributed by atoms with E-state index >= 15 is 0 Å². The number of anilines is 1. The van der Waals surface area contributed by atoms with Crippen molar-refractivity contribution in [1.29, 1.82) is 0 Å². The van der Waals surface area contributed by atoms with Crippen LogP contribution in [0.1, 0.15) is 39.7 Å². The number of hydrogen-bond donors (Lipinski definition) is 1. The van der Waals surface area contributed by atoms with E-state index in [0.717, 1.165) is 28.6 Å². The molecule has 2 amide bonds. The molecule has 0 unspecified atom stereocenters. The first kappa shape index (κ1) is 34.2. The van der Waals surface area contributed by atoms with E-state index in [-0.39, 0.29) is 40.4 Å². The van der Waals surface area contributed by atoms with Gasteiger partial charge in [-0.2, -0.15) is 0 Å². The van der Waals surface area contributed by atoms with Crippen molar-refractivity contribution in [1.82, 2.24) is 10.2 Å². The quantitative estimate of drug-likeness (QED) is 0.221. The third-order valence-electron chi connectivity index (χ3n) is 6.52. The number of amides is 2. The highest BCUT2D eigenvalue weighted by Crippen LogP contribution is 2.28. The Morgan fingerprint density at radius 3 is 2.16 bits per heavy atom. The zero-order valence-corrected chi connectivity index (χ0v) is 26.8. The second-order valence-electron chi connectivity index (χ2n) is 10.2. The summed E-state index contributed by atoms with van der Waals surface area (Å²) in [5, 5.41) is 3.49. The molecule has 0 aliphatic heterocycles. The Kier molecular flexibility index (Phi) is 12.2. The number of sulfonamides is 1. The molecule has 0 fully saturated rings. The fraction of sp³-hybridized carbons (Fsp3) is 0.355. The molecule has 0 aliphatic carbocycles. The minimum atomic E-state index is -4.34. The number of nitrogens with zero attached hydrogens (tertiary/aromatic N) is 2. The molecular formula is C31H36Cl2FN3O5S. The minimum absolute atomic E-state index is 0.0307. The highest BCUT2D eigenvalue weighted by Gasteiger charge is 2.34. The molecule has 3 aromatic carbocycles. The van der Waals surface area contributed by atoms with E-state index in [1.165, 1.54) is 17.0 Å². The third kappa shape index (κ3) is 9.08. The number of halogens is 3. The monoisotopic (exact) mass is 651 g/mol. The van der Waals surface area contributed by atoms with Crippen LogP contribution in [-0.2, 0) is 26.2 Å². The summed E-state index contributed by atoms with van der Waals surface area (Å²) in [7, 11) is -4.34. The first-order chi connectivity index (χ1) is 20.4. The average molecular weight is 653 g/mol. The van der Waals surface area contributed by atoms with E-state index < -0.39 is 34.3 Å². The number of carbonyl (C=O) groups excluding carboxylic acids is 2. The van der Waals surface area contributed by atoms with E-state index in [2.05, 4.69) is 5.32 Å².